The van der Waals surface area contributed by atoms with Crippen LogP contribution in [-0.4, -0.2) is 15.8 Å². The molecule has 0 amide bonds. The van der Waals surface area contributed by atoms with Crippen LogP contribution < -0.4 is 0 Å². The van der Waals surface area contributed by atoms with Crippen LogP contribution in [0.15, 0.2) is 42.9 Å². The minimum Gasteiger partial charge on any atom is -0.353 e. The lowest BCUT2D eigenvalue weighted by Gasteiger charge is -2.12. The zero-order valence-corrected chi connectivity index (χ0v) is 9.84. The summed E-state index contributed by atoms with van der Waals surface area (Å²) >= 11 is 0. The molecule has 1 unspecified atom stereocenters. The van der Waals surface area contributed by atoms with Crippen molar-refractivity contribution in [3.63, 3.8) is 0 Å². The highest BCUT2D eigenvalue weighted by Gasteiger charge is 2.31. The Morgan fingerprint density at radius 1 is 1.26 bits per heavy atom. The van der Waals surface area contributed by atoms with Gasteiger partial charge in [-0.1, -0.05) is 0 Å². The Morgan fingerprint density at radius 3 is 2.42 bits per heavy atom. The summed E-state index contributed by atoms with van der Waals surface area (Å²) in [4.78, 5) is 14.8. The van der Waals surface area contributed by atoms with Crippen LogP contribution in [0.4, 0.5) is 13.2 Å². The fourth-order valence-corrected chi connectivity index (χ4v) is 1.72. The highest BCUT2D eigenvalue weighted by atomic mass is 19.4. The molecule has 0 fully saturated rings. The number of hydrogen-bond donors (Lipinski definition) is 0. The number of hydrogen-bond acceptors (Lipinski definition) is 2. The topological polar surface area (TPSA) is 34.9 Å². The van der Waals surface area contributed by atoms with Gasteiger partial charge in [0.25, 0.3) is 0 Å². The van der Waals surface area contributed by atoms with Gasteiger partial charge in [0.05, 0.1) is 17.2 Å². The van der Waals surface area contributed by atoms with Gasteiger partial charge in [0.2, 0.25) is 0 Å². The van der Waals surface area contributed by atoms with Crippen LogP contribution in [0.1, 0.15) is 17.2 Å². The summed E-state index contributed by atoms with van der Waals surface area (Å²) < 4.78 is 39.0. The Hall–Kier alpha value is -2.11. The van der Waals surface area contributed by atoms with Crippen LogP contribution in [0.25, 0.3) is 0 Å². The third-order valence-electron chi connectivity index (χ3n) is 2.73. The highest BCUT2D eigenvalue weighted by Crippen LogP contribution is 2.29. The van der Waals surface area contributed by atoms with Crippen LogP contribution in [0.2, 0.25) is 0 Å². The van der Waals surface area contributed by atoms with Gasteiger partial charge in [-0.3, -0.25) is 4.98 Å². The zero-order valence-electron chi connectivity index (χ0n) is 9.84. The van der Waals surface area contributed by atoms with Crippen LogP contribution in [-0.2, 0) is 17.5 Å². The number of pyridine rings is 1. The molecule has 2 rings (SSSR count). The molecule has 0 aromatic carbocycles. The standard InChI is InChI=1S/C13H11F3N2O/c14-13(15,16)11-3-4-12(17-7-11)10(9-19)8-18-5-1-2-6-18/h1-7,9-10H,8H2. The molecule has 0 saturated heterocycles. The van der Waals surface area contributed by atoms with Gasteiger partial charge < -0.3 is 9.36 Å². The van der Waals surface area contributed by atoms with E-state index in [-0.39, 0.29) is 0 Å². The molecule has 3 nitrogen and oxygen atoms in total. The average molecular weight is 268 g/mol. The van der Waals surface area contributed by atoms with Crippen molar-refractivity contribution in [2.45, 2.75) is 18.6 Å². The van der Waals surface area contributed by atoms with E-state index < -0.39 is 17.7 Å². The molecule has 0 bridgehead atoms. The highest BCUT2D eigenvalue weighted by molar-refractivity contribution is 5.60. The molecule has 1 atom stereocenters. The predicted octanol–water partition coefficient (Wildman–Crippen LogP) is 2.88. The van der Waals surface area contributed by atoms with Crippen molar-refractivity contribution in [3.8, 4) is 0 Å². The van der Waals surface area contributed by atoms with E-state index in [0.29, 0.717) is 18.5 Å². The number of carbonyl (C=O) groups is 1. The fourth-order valence-electron chi connectivity index (χ4n) is 1.72. The Labute approximate surface area is 107 Å². The van der Waals surface area contributed by atoms with Crippen LogP contribution >= 0.6 is 0 Å². The van der Waals surface area contributed by atoms with Crippen molar-refractivity contribution in [2.75, 3.05) is 0 Å². The number of alkyl halides is 3. The first kappa shape index (κ1) is 13.3. The molecule has 19 heavy (non-hydrogen) atoms. The lowest BCUT2D eigenvalue weighted by Crippen LogP contribution is -2.12. The molecule has 2 aromatic heterocycles. The van der Waals surface area contributed by atoms with E-state index in [4.69, 9.17) is 0 Å². The molecular weight excluding hydrogens is 257 g/mol. The number of nitrogens with zero attached hydrogens (tertiary/aromatic N) is 2. The second kappa shape index (κ2) is 5.26. The van der Waals surface area contributed by atoms with E-state index in [9.17, 15) is 18.0 Å². The smallest absolute Gasteiger partial charge is 0.353 e. The lowest BCUT2D eigenvalue weighted by atomic mass is 10.1. The third kappa shape index (κ3) is 3.21. The SMILES string of the molecule is O=CC(Cn1cccc1)c1ccc(C(F)(F)F)cn1. The minimum atomic E-state index is -4.41. The van der Waals surface area contributed by atoms with E-state index in [2.05, 4.69) is 4.98 Å². The molecule has 0 saturated carbocycles. The average Bonchev–Trinajstić information content (AvgIpc) is 2.88. The van der Waals surface area contributed by atoms with E-state index in [0.717, 1.165) is 12.3 Å². The van der Waals surface area contributed by atoms with E-state index in [1.165, 1.54) is 6.07 Å². The lowest BCUT2D eigenvalue weighted by molar-refractivity contribution is -0.137. The maximum absolute atomic E-state index is 12.4. The second-order valence-corrected chi connectivity index (χ2v) is 4.09. The van der Waals surface area contributed by atoms with Crippen LogP contribution in [0.5, 0.6) is 0 Å². The molecule has 0 aliphatic rings. The normalized spacial score (nSPS) is 13.2. The first-order valence-electron chi connectivity index (χ1n) is 5.60. The predicted molar refractivity (Wildman–Crippen MR) is 62.5 cm³/mol. The molecule has 0 aliphatic heterocycles. The molecule has 2 aromatic rings. The number of rotatable bonds is 4. The molecular formula is C13H11F3N2O. The van der Waals surface area contributed by atoms with Crippen molar-refractivity contribution >= 4 is 6.29 Å². The van der Waals surface area contributed by atoms with Crippen molar-refractivity contribution in [2.24, 2.45) is 0 Å². The summed E-state index contributed by atoms with van der Waals surface area (Å²) in [5.41, 5.74) is -0.487. The number of carbonyl (C=O) groups excluding carboxylic acids is 1. The monoisotopic (exact) mass is 268 g/mol. The van der Waals surface area contributed by atoms with Crippen molar-refractivity contribution in [1.82, 2.24) is 9.55 Å². The summed E-state index contributed by atoms with van der Waals surface area (Å²) in [6.45, 7) is 0.356. The molecule has 0 N–H and O–H groups in total. The third-order valence-corrected chi connectivity index (χ3v) is 2.73. The summed E-state index contributed by atoms with van der Waals surface area (Å²) in [7, 11) is 0. The first-order valence-corrected chi connectivity index (χ1v) is 5.60. The van der Waals surface area contributed by atoms with Gasteiger partial charge in [0.1, 0.15) is 6.29 Å². The van der Waals surface area contributed by atoms with Gasteiger partial charge in [-0.15, -0.1) is 0 Å². The van der Waals surface area contributed by atoms with E-state index >= 15 is 0 Å². The van der Waals surface area contributed by atoms with E-state index in [1.807, 2.05) is 12.1 Å². The first-order chi connectivity index (χ1) is 9.00. The van der Waals surface area contributed by atoms with Gasteiger partial charge in [-0.25, -0.2) is 0 Å². The maximum Gasteiger partial charge on any atom is 0.417 e. The molecule has 0 spiro atoms. The molecule has 2 heterocycles. The summed E-state index contributed by atoms with van der Waals surface area (Å²) in [5.74, 6) is -0.560. The Morgan fingerprint density at radius 2 is 1.95 bits per heavy atom. The number of aromatic nitrogens is 2. The largest absolute Gasteiger partial charge is 0.417 e. The summed E-state index contributed by atoms with van der Waals surface area (Å²) in [5, 5.41) is 0. The Balaban J connectivity index is 2.17. The zero-order chi connectivity index (χ0) is 13.9. The van der Waals surface area contributed by atoms with Gasteiger partial charge in [0.15, 0.2) is 0 Å². The van der Waals surface area contributed by atoms with Crippen molar-refractivity contribution < 1.29 is 18.0 Å². The maximum atomic E-state index is 12.4. The number of aldehydes is 1. The quantitative estimate of drug-likeness (QED) is 0.799. The van der Waals surface area contributed by atoms with Gasteiger partial charge >= 0.3 is 6.18 Å². The van der Waals surface area contributed by atoms with Gasteiger partial charge in [0, 0.05) is 25.1 Å². The van der Waals surface area contributed by atoms with Gasteiger partial charge in [-0.2, -0.15) is 13.2 Å². The van der Waals surface area contributed by atoms with Crippen LogP contribution in [0.3, 0.4) is 0 Å². The number of halogens is 3. The minimum absolute atomic E-state index is 0.330. The van der Waals surface area contributed by atoms with Crippen molar-refractivity contribution in [1.29, 1.82) is 0 Å². The molecule has 6 heteroatoms. The molecule has 0 aliphatic carbocycles. The molecule has 0 radical (unpaired) electrons. The van der Waals surface area contributed by atoms with Gasteiger partial charge in [-0.05, 0) is 24.3 Å². The van der Waals surface area contributed by atoms with E-state index in [1.54, 1.807) is 17.0 Å². The Kier molecular flexibility index (Phi) is 3.69. The fraction of sp³-hybridized carbons (Fsp3) is 0.231. The molecule has 100 valence electrons. The second-order valence-electron chi connectivity index (χ2n) is 4.09. The van der Waals surface area contributed by atoms with Crippen molar-refractivity contribution in [3.05, 3.63) is 54.1 Å². The summed E-state index contributed by atoms with van der Waals surface area (Å²) in [6.07, 6.45) is 0.584. The van der Waals surface area contributed by atoms with Crippen LogP contribution in [0, 0.1) is 0 Å². The summed E-state index contributed by atoms with van der Waals surface area (Å²) in [6, 6.07) is 5.80. The Bertz CT molecular complexity index is 532.